The molecule has 2 heterocycles. The van der Waals surface area contributed by atoms with Crippen LogP contribution in [0.1, 0.15) is 12.8 Å². The number of nitrogens with zero attached hydrogens (tertiary/aromatic N) is 3. The average Bonchev–Trinajstić information content (AvgIpc) is 2.88. The Bertz CT molecular complexity index is 495. The summed E-state index contributed by atoms with van der Waals surface area (Å²) in [6, 6.07) is 1.84. The van der Waals surface area contributed by atoms with Gasteiger partial charge in [-0.3, -0.25) is 4.98 Å². The highest BCUT2D eigenvalue weighted by molar-refractivity contribution is 5.65. The number of nitrogens with two attached hydrogens (primary N) is 1. The van der Waals surface area contributed by atoms with E-state index in [2.05, 4.69) is 14.5 Å². The molecule has 0 unspecified atom stereocenters. The third-order valence-corrected chi connectivity index (χ3v) is 2.78. The number of aromatic nitrogens is 3. The normalized spacial score (nSPS) is 10.6. The number of methoxy groups -OCH3 is 1. The molecular weight excluding hydrogens is 228 g/mol. The van der Waals surface area contributed by atoms with E-state index < -0.39 is 0 Å². The van der Waals surface area contributed by atoms with Crippen LogP contribution in [0.5, 0.6) is 5.75 Å². The summed E-state index contributed by atoms with van der Waals surface area (Å²) < 4.78 is 7.37. The SMILES string of the molecule is COc1ccncc1-c1cn(CCCCN)cn1. The van der Waals surface area contributed by atoms with Gasteiger partial charge in [-0.25, -0.2) is 4.98 Å². The number of hydrogen-bond acceptors (Lipinski definition) is 4. The highest BCUT2D eigenvalue weighted by atomic mass is 16.5. The number of hydrogen-bond donors (Lipinski definition) is 1. The summed E-state index contributed by atoms with van der Waals surface area (Å²) in [4.78, 5) is 8.49. The van der Waals surface area contributed by atoms with E-state index in [-0.39, 0.29) is 0 Å². The first-order valence-electron chi connectivity index (χ1n) is 6.05. The van der Waals surface area contributed by atoms with Gasteiger partial charge in [0, 0.05) is 25.1 Å². The second-order valence-corrected chi connectivity index (χ2v) is 4.07. The molecule has 2 aromatic rings. The minimum Gasteiger partial charge on any atom is -0.496 e. The average molecular weight is 246 g/mol. The van der Waals surface area contributed by atoms with Crippen LogP contribution >= 0.6 is 0 Å². The van der Waals surface area contributed by atoms with Gasteiger partial charge in [0.05, 0.1) is 24.7 Å². The topological polar surface area (TPSA) is 66.0 Å². The highest BCUT2D eigenvalue weighted by Crippen LogP contribution is 2.26. The van der Waals surface area contributed by atoms with Crippen LogP contribution in [-0.2, 0) is 6.54 Å². The van der Waals surface area contributed by atoms with Crippen molar-refractivity contribution < 1.29 is 4.74 Å². The van der Waals surface area contributed by atoms with E-state index in [0.717, 1.165) is 42.9 Å². The van der Waals surface area contributed by atoms with Crippen molar-refractivity contribution in [1.29, 1.82) is 0 Å². The Hall–Kier alpha value is -1.88. The number of pyridine rings is 1. The van der Waals surface area contributed by atoms with Crippen molar-refractivity contribution in [3.8, 4) is 17.0 Å². The van der Waals surface area contributed by atoms with Crippen LogP contribution < -0.4 is 10.5 Å². The summed E-state index contributed by atoms with van der Waals surface area (Å²) in [6.07, 6.45) is 9.42. The monoisotopic (exact) mass is 246 g/mol. The Labute approximate surface area is 107 Å². The van der Waals surface area contributed by atoms with Crippen molar-refractivity contribution in [1.82, 2.24) is 14.5 Å². The van der Waals surface area contributed by atoms with E-state index in [1.54, 1.807) is 19.5 Å². The lowest BCUT2D eigenvalue weighted by Crippen LogP contribution is -2.01. The molecule has 5 nitrogen and oxygen atoms in total. The standard InChI is InChI=1S/C13H18N4O/c1-18-13-4-6-15-8-11(13)12-9-17(10-16-12)7-3-2-5-14/h4,6,8-10H,2-3,5,7,14H2,1H3. The van der Waals surface area contributed by atoms with Crippen molar-refractivity contribution in [2.45, 2.75) is 19.4 Å². The van der Waals surface area contributed by atoms with E-state index in [4.69, 9.17) is 10.5 Å². The molecule has 0 radical (unpaired) electrons. The predicted molar refractivity (Wildman–Crippen MR) is 70.3 cm³/mol. The van der Waals surface area contributed by atoms with E-state index in [1.165, 1.54) is 0 Å². The molecule has 5 heteroatoms. The number of rotatable bonds is 6. The molecule has 96 valence electrons. The number of unbranched alkanes of at least 4 members (excludes halogenated alkanes) is 1. The van der Waals surface area contributed by atoms with E-state index in [1.807, 2.05) is 18.6 Å². The molecule has 0 fully saturated rings. The molecule has 0 amide bonds. The van der Waals surface area contributed by atoms with Gasteiger partial charge in [-0.1, -0.05) is 0 Å². The summed E-state index contributed by atoms with van der Waals surface area (Å²) in [7, 11) is 1.65. The van der Waals surface area contributed by atoms with Crippen molar-refractivity contribution in [2.75, 3.05) is 13.7 Å². The minimum absolute atomic E-state index is 0.734. The molecule has 2 rings (SSSR count). The highest BCUT2D eigenvalue weighted by Gasteiger charge is 2.08. The zero-order chi connectivity index (χ0) is 12.8. The molecule has 2 N–H and O–H groups in total. The molecule has 0 aliphatic rings. The fourth-order valence-corrected chi connectivity index (χ4v) is 1.81. The smallest absolute Gasteiger partial charge is 0.131 e. The lowest BCUT2D eigenvalue weighted by Gasteiger charge is -2.04. The molecule has 0 aromatic carbocycles. The Morgan fingerprint density at radius 3 is 3.06 bits per heavy atom. The van der Waals surface area contributed by atoms with Crippen LogP contribution in [0.4, 0.5) is 0 Å². The first-order valence-corrected chi connectivity index (χ1v) is 6.05. The fourth-order valence-electron chi connectivity index (χ4n) is 1.81. The van der Waals surface area contributed by atoms with E-state index in [0.29, 0.717) is 0 Å². The van der Waals surface area contributed by atoms with Gasteiger partial charge >= 0.3 is 0 Å². The van der Waals surface area contributed by atoms with Crippen LogP contribution in [0.3, 0.4) is 0 Å². The first kappa shape index (κ1) is 12.6. The van der Waals surface area contributed by atoms with Crippen molar-refractivity contribution in [3.05, 3.63) is 31.0 Å². The summed E-state index contributed by atoms with van der Waals surface area (Å²) in [6.45, 7) is 1.67. The Balaban J connectivity index is 2.13. The predicted octanol–water partition coefficient (Wildman–Crippen LogP) is 1.69. The van der Waals surface area contributed by atoms with E-state index >= 15 is 0 Å². The molecule has 0 atom stereocenters. The second-order valence-electron chi connectivity index (χ2n) is 4.07. The maximum absolute atomic E-state index is 5.48. The van der Waals surface area contributed by atoms with Crippen LogP contribution in [0, 0.1) is 0 Å². The minimum atomic E-state index is 0.734. The summed E-state index contributed by atoms with van der Waals surface area (Å²) in [5.41, 5.74) is 7.27. The molecule has 2 aromatic heterocycles. The lowest BCUT2D eigenvalue weighted by molar-refractivity contribution is 0.416. The molecule has 0 aliphatic heterocycles. The van der Waals surface area contributed by atoms with Gasteiger partial charge in [0.25, 0.3) is 0 Å². The molecular formula is C13H18N4O. The molecule has 18 heavy (non-hydrogen) atoms. The number of ether oxygens (including phenoxy) is 1. The summed E-state index contributed by atoms with van der Waals surface area (Å²) in [5.74, 6) is 0.789. The van der Waals surface area contributed by atoms with Crippen LogP contribution in [-0.4, -0.2) is 28.2 Å². The Morgan fingerprint density at radius 1 is 1.39 bits per heavy atom. The van der Waals surface area contributed by atoms with Gasteiger partial charge in [-0.2, -0.15) is 0 Å². The van der Waals surface area contributed by atoms with Gasteiger partial charge in [0.2, 0.25) is 0 Å². The fraction of sp³-hybridized carbons (Fsp3) is 0.385. The maximum atomic E-state index is 5.48. The van der Waals surface area contributed by atoms with Gasteiger partial charge < -0.3 is 15.0 Å². The van der Waals surface area contributed by atoms with Crippen molar-refractivity contribution >= 4 is 0 Å². The summed E-state index contributed by atoms with van der Waals surface area (Å²) in [5, 5.41) is 0. The first-order chi connectivity index (χ1) is 8.85. The number of imidazole rings is 1. The zero-order valence-corrected chi connectivity index (χ0v) is 10.5. The maximum Gasteiger partial charge on any atom is 0.131 e. The molecule has 0 saturated heterocycles. The molecule has 0 spiro atoms. The quantitative estimate of drug-likeness (QED) is 0.788. The Morgan fingerprint density at radius 2 is 2.28 bits per heavy atom. The molecule has 0 bridgehead atoms. The largest absolute Gasteiger partial charge is 0.496 e. The van der Waals surface area contributed by atoms with Gasteiger partial charge in [-0.15, -0.1) is 0 Å². The third kappa shape index (κ3) is 2.87. The molecule has 0 aliphatic carbocycles. The summed E-state index contributed by atoms with van der Waals surface area (Å²) >= 11 is 0. The van der Waals surface area contributed by atoms with Gasteiger partial charge in [0.1, 0.15) is 5.75 Å². The second kappa shape index (κ2) is 6.16. The van der Waals surface area contributed by atoms with Crippen molar-refractivity contribution in [2.24, 2.45) is 5.73 Å². The van der Waals surface area contributed by atoms with Crippen LogP contribution in [0.2, 0.25) is 0 Å². The van der Waals surface area contributed by atoms with Gasteiger partial charge in [-0.05, 0) is 25.5 Å². The lowest BCUT2D eigenvalue weighted by atomic mass is 10.2. The van der Waals surface area contributed by atoms with E-state index in [9.17, 15) is 0 Å². The van der Waals surface area contributed by atoms with Gasteiger partial charge in [0.15, 0.2) is 0 Å². The third-order valence-electron chi connectivity index (χ3n) is 2.78. The number of aryl methyl sites for hydroxylation is 1. The molecule has 0 saturated carbocycles. The Kier molecular flexibility index (Phi) is 4.30. The van der Waals surface area contributed by atoms with Crippen LogP contribution in [0.25, 0.3) is 11.3 Å². The zero-order valence-electron chi connectivity index (χ0n) is 10.5. The van der Waals surface area contributed by atoms with Crippen molar-refractivity contribution in [3.63, 3.8) is 0 Å². The van der Waals surface area contributed by atoms with Crippen LogP contribution in [0.15, 0.2) is 31.0 Å².